The second-order valence-corrected chi connectivity index (χ2v) is 4.38. The summed E-state index contributed by atoms with van der Waals surface area (Å²) in [6.45, 7) is 2.85. The zero-order valence-corrected chi connectivity index (χ0v) is 11.4. The first-order valence-electron chi connectivity index (χ1n) is 6.44. The maximum absolute atomic E-state index is 13.1. The maximum Gasteiger partial charge on any atom is 0.419 e. The molecule has 0 bridgehead atoms. The zero-order valence-electron chi connectivity index (χ0n) is 11.4. The second-order valence-electron chi connectivity index (χ2n) is 4.38. The van der Waals surface area contributed by atoms with Crippen molar-refractivity contribution in [3.05, 3.63) is 47.3 Å². The van der Waals surface area contributed by atoms with Gasteiger partial charge in [-0.05, 0) is 24.2 Å². The molecular weight excluding hydrogens is 285 g/mol. The zero-order chi connectivity index (χ0) is 15.3. The van der Waals surface area contributed by atoms with Crippen LogP contribution < -0.4 is 10.1 Å². The molecule has 1 N–H and O–H groups in total. The lowest BCUT2D eigenvalue weighted by atomic mass is 10.1. The van der Waals surface area contributed by atoms with Crippen molar-refractivity contribution in [3.63, 3.8) is 0 Å². The number of ether oxygens (including phenoxy) is 1. The Labute approximate surface area is 119 Å². The van der Waals surface area contributed by atoms with Crippen molar-refractivity contribution < 1.29 is 22.4 Å². The lowest BCUT2D eigenvalue weighted by molar-refractivity contribution is -0.139. The van der Waals surface area contributed by atoms with Crippen LogP contribution in [0.15, 0.2) is 35.0 Å². The predicted molar refractivity (Wildman–Crippen MR) is 69.7 cm³/mol. The van der Waals surface area contributed by atoms with Gasteiger partial charge in [-0.1, -0.05) is 18.1 Å². The summed E-state index contributed by atoms with van der Waals surface area (Å²) in [5.41, 5.74) is -0.242. The standard InChI is InChI=1S/C14H15F3N2O2/c1-2-18-8-10-3-4-13(12(7-10)14(15,16)17)20-9-11-5-6-19-21-11/h3-7,18H,2,8-9H2,1H3. The maximum atomic E-state index is 13.1. The van der Waals surface area contributed by atoms with Gasteiger partial charge in [0.1, 0.15) is 12.4 Å². The number of rotatable bonds is 6. The molecule has 0 fully saturated rings. The molecule has 1 aromatic carbocycles. The number of hydrogen-bond donors (Lipinski definition) is 1. The molecule has 1 heterocycles. The molecule has 0 aliphatic rings. The quantitative estimate of drug-likeness (QED) is 0.888. The highest BCUT2D eigenvalue weighted by atomic mass is 19.4. The fourth-order valence-corrected chi connectivity index (χ4v) is 1.77. The van der Waals surface area contributed by atoms with Gasteiger partial charge < -0.3 is 14.6 Å². The number of hydrogen-bond acceptors (Lipinski definition) is 4. The average Bonchev–Trinajstić information content (AvgIpc) is 2.95. The molecule has 0 spiro atoms. The fraction of sp³-hybridized carbons (Fsp3) is 0.357. The van der Waals surface area contributed by atoms with E-state index < -0.39 is 11.7 Å². The molecule has 0 aliphatic carbocycles. The monoisotopic (exact) mass is 300 g/mol. The number of benzene rings is 1. The Morgan fingerprint density at radius 3 is 2.71 bits per heavy atom. The Morgan fingerprint density at radius 2 is 2.10 bits per heavy atom. The topological polar surface area (TPSA) is 47.3 Å². The summed E-state index contributed by atoms with van der Waals surface area (Å²) in [5.74, 6) is 0.138. The third-order valence-electron chi connectivity index (χ3n) is 2.79. The molecule has 0 radical (unpaired) electrons. The third-order valence-corrected chi connectivity index (χ3v) is 2.79. The smallest absolute Gasteiger partial charge is 0.419 e. The summed E-state index contributed by atoms with van der Waals surface area (Å²) in [7, 11) is 0. The fourth-order valence-electron chi connectivity index (χ4n) is 1.77. The summed E-state index contributed by atoms with van der Waals surface area (Å²) in [6, 6.07) is 5.56. The summed E-state index contributed by atoms with van der Waals surface area (Å²) in [5, 5.41) is 6.45. The van der Waals surface area contributed by atoms with Crippen molar-refractivity contribution >= 4 is 0 Å². The van der Waals surface area contributed by atoms with Gasteiger partial charge in [0.15, 0.2) is 5.76 Å². The normalized spacial score (nSPS) is 11.6. The Morgan fingerprint density at radius 1 is 1.29 bits per heavy atom. The molecule has 1 aromatic heterocycles. The van der Waals surface area contributed by atoms with Crippen LogP contribution in [0.2, 0.25) is 0 Å². The van der Waals surface area contributed by atoms with E-state index in [-0.39, 0.29) is 12.4 Å². The Hall–Kier alpha value is -2.02. The van der Waals surface area contributed by atoms with Gasteiger partial charge in [-0.15, -0.1) is 0 Å². The molecule has 7 heteroatoms. The van der Waals surface area contributed by atoms with Crippen LogP contribution in [0.4, 0.5) is 13.2 Å². The van der Waals surface area contributed by atoms with Gasteiger partial charge in [0.05, 0.1) is 11.8 Å². The van der Waals surface area contributed by atoms with Crippen LogP contribution in [0.3, 0.4) is 0 Å². The first kappa shape index (κ1) is 15.4. The highest BCUT2D eigenvalue weighted by Gasteiger charge is 2.34. The third kappa shape index (κ3) is 4.22. The lowest BCUT2D eigenvalue weighted by Crippen LogP contribution is -2.14. The van der Waals surface area contributed by atoms with Crippen LogP contribution in [-0.4, -0.2) is 11.7 Å². The first-order chi connectivity index (χ1) is 10.0. The minimum Gasteiger partial charge on any atom is -0.485 e. The van der Waals surface area contributed by atoms with Gasteiger partial charge in [0.25, 0.3) is 0 Å². The van der Waals surface area contributed by atoms with Crippen LogP contribution >= 0.6 is 0 Å². The molecule has 0 atom stereocenters. The average molecular weight is 300 g/mol. The van der Waals surface area contributed by atoms with Crippen LogP contribution in [0.1, 0.15) is 23.8 Å². The van der Waals surface area contributed by atoms with Crippen LogP contribution in [0, 0.1) is 0 Å². The molecule has 0 amide bonds. The number of nitrogens with zero attached hydrogens (tertiary/aromatic N) is 1. The van der Waals surface area contributed by atoms with Gasteiger partial charge in [-0.2, -0.15) is 13.2 Å². The van der Waals surface area contributed by atoms with E-state index in [4.69, 9.17) is 9.26 Å². The number of nitrogens with one attached hydrogen (secondary N) is 1. The van der Waals surface area contributed by atoms with Gasteiger partial charge in [-0.3, -0.25) is 0 Å². The van der Waals surface area contributed by atoms with Crippen molar-refractivity contribution in [3.8, 4) is 5.75 Å². The summed E-state index contributed by atoms with van der Waals surface area (Å²) < 4.78 is 49.2. The highest BCUT2D eigenvalue weighted by Crippen LogP contribution is 2.37. The summed E-state index contributed by atoms with van der Waals surface area (Å²) >= 11 is 0. The largest absolute Gasteiger partial charge is 0.485 e. The van der Waals surface area contributed by atoms with Crippen molar-refractivity contribution in [2.24, 2.45) is 0 Å². The molecule has 2 rings (SSSR count). The van der Waals surface area contributed by atoms with Gasteiger partial charge in [0.2, 0.25) is 0 Å². The molecule has 0 aliphatic heterocycles. The van der Waals surface area contributed by atoms with Crippen LogP contribution in [0.5, 0.6) is 5.75 Å². The Balaban J connectivity index is 2.18. The van der Waals surface area contributed by atoms with Crippen molar-refractivity contribution in [2.75, 3.05) is 6.54 Å². The van der Waals surface area contributed by atoms with E-state index in [1.165, 1.54) is 18.3 Å². The number of alkyl halides is 3. The van der Waals surface area contributed by atoms with Crippen molar-refractivity contribution in [1.82, 2.24) is 10.5 Å². The van der Waals surface area contributed by atoms with Crippen LogP contribution in [-0.2, 0) is 19.3 Å². The van der Waals surface area contributed by atoms with E-state index in [2.05, 4.69) is 10.5 Å². The molecule has 0 saturated carbocycles. The van der Waals surface area contributed by atoms with Crippen molar-refractivity contribution in [2.45, 2.75) is 26.3 Å². The molecule has 21 heavy (non-hydrogen) atoms. The second kappa shape index (κ2) is 6.62. The number of halogens is 3. The van der Waals surface area contributed by atoms with E-state index in [0.29, 0.717) is 24.4 Å². The van der Waals surface area contributed by atoms with E-state index in [0.717, 1.165) is 6.07 Å². The lowest BCUT2D eigenvalue weighted by Gasteiger charge is -2.15. The summed E-state index contributed by atoms with van der Waals surface area (Å²) in [4.78, 5) is 0. The Bertz CT molecular complexity index is 568. The molecule has 0 saturated heterocycles. The molecule has 114 valence electrons. The van der Waals surface area contributed by atoms with Gasteiger partial charge >= 0.3 is 6.18 Å². The van der Waals surface area contributed by atoms with E-state index in [9.17, 15) is 13.2 Å². The van der Waals surface area contributed by atoms with E-state index in [1.807, 2.05) is 6.92 Å². The molecule has 2 aromatic rings. The van der Waals surface area contributed by atoms with E-state index >= 15 is 0 Å². The highest BCUT2D eigenvalue weighted by molar-refractivity contribution is 5.39. The van der Waals surface area contributed by atoms with Gasteiger partial charge in [0, 0.05) is 12.6 Å². The predicted octanol–water partition coefficient (Wildman–Crippen LogP) is 3.38. The van der Waals surface area contributed by atoms with Crippen LogP contribution in [0.25, 0.3) is 0 Å². The molecule has 0 unspecified atom stereocenters. The number of aromatic nitrogens is 1. The van der Waals surface area contributed by atoms with E-state index in [1.54, 1.807) is 6.07 Å². The summed E-state index contributed by atoms with van der Waals surface area (Å²) in [6.07, 6.45) is -3.07. The molecule has 4 nitrogen and oxygen atoms in total. The first-order valence-corrected chi connectivity index (χ1v) is 6.44. The van der Waals surface area contributed by atoms with Crippen molar-refractivity contribution in [1.29, 1.82) is 0 Å². The Kier molecular flexibility index (Phi) is 4.85. The SMILES string of the molecule is CCNCc1ccc(OCc2ccno2)c(C(F)(F)F)c1. The minimum absolute atomic E-state index is 0.102. The van der Waals surface area contributed by atoms with Gasteiger partial charge in [-0.25, -0.2) is 0 Å². The minimum atomic E-state index is -4.47. The molecular formula is C14H15F3N2O2.